The lowest BCUT2D eigenvalue weighted by molar-refractivity contribution is 0.262. The molecule has 0 saturated heterocycles. The maximum absolute atomic E-state index is 6.30. The number of hydrogen-bond acceptors (Lipinski definition) is 1. The Labute approximate surface area is 140 Å². The Kier molecular flexibility index (Phi) is 6.13. The average Bonchev–Trinajstić information content (AvgIpc) is 2.55. The summed E-state index contributed by atoms with van der Waals surface area (Å²) in [7, 11) is 0. The lowest BCUT2D eigenvalue weighted by Gasteiger charge is -2.31. The van der Waals surface area contributed by atoms with Gasteiger partial charge in [0.05, 0.1) is 6.61 Å². The third-order valence-electron chi connectivity index (χ3n) is 3.98. The third kappa shape index (κ3) is 4.24. The molecule has 0 aromatic heterocycles. The summed E-state index contributed by atoms with van der Waals surface area (Å²) in [4.78, 5) is 0. The smallest absolute Gasteiger partial charge is 0.119 e. The molecule has 0 N–H and O–H groups in total. The molecule has 1 atom stereocenters. The molecule has 21 heavy (non-hydrogen) atoms. The molecule has 3 heteroatoms. The van der Waals surface area contributed by atoms with Crippen molar-refractivity contribution in [1.29, 1.82) is 0 Å². The highest BCUT2D eigenvalue weighted by molar-refractivity contribution is 9.10. The summed E-state index contributed by atoms with van der Waals surface area (Å²) in [6, 6.07) is 18.4. The molecule has 0 aliphatic rings. The minimum atomic E-state index is -0.0157. The Morgan fingerprint density at radius 3 is 2.29 bits per heavy atom. The Morgan fingerprint density at radius 1 is 1.05 bits per heavy atom. The van der Waals surface area contributed by atoms with Crippen LogP contribution in [-0.4, -0.2) is 12.5 Å². The highest BCUT2D eigenvalue weighted by Crippen LogP contribution is 2.33. The molecule has 2 aromatic carbocycles. The van der Waals surface area contributed by atoms with E-state index in [1.807, 2.05) is 30.3 Å². The van der Waals surface area contributed by atoms with Gasteiger partial charge in [0, 0.05) is 15.8 Å². The van der Waals surface area contributed by atoms with Gasteiger partial charge in [-0.2, -0.15) is 0 Å². The standard InChI is InChI=1S/C18H20BrClO/c1-2-18(14-20,15-6-4-3-5-7-15)12-13-21-17-10-8-16(19)9-11-17/h3-11H,2,12-14H2,1H3. The molecule has 0 radical (unpaired) electrons. The van der Waals surface area contributed by atoms with Crippen LogP contribution >= 0.6 is 27.5 Å². The maximum atomic E-state index is 6.30. The molecule has 2 aromatic rings. The molecule has 112 valence electrons. The molecule has 1 nitrogen and oxygen atoms in total. The van der Waals surface area contributed by atoms with E-state index in [2.05, 4.69) is 47.1 Å². The van der Waals surface area contributed by atoms with Gasteiger partial charge >= 0.3 is 0 Å². The van der Waals surface area contributed by atoms with Crippen LogP contribution in [-0.2, 0) is 5.41 Å². The van der Waals surface area contributed by atoms with Gasteiger partial charge in [0.25, 0.3) is 0 Å². The van der Waals surface area contributed by atoms with Gasteiger partial charge in [0.1, 0.15) is 5.75 Å². The van der Waals surface area contributed by atoms with Crippen LogP contribution in [0.4, 0.5) is 0 Å². The highest BCUT2D eigenvalue weighted by atomic mass is 79.9. The summed E-state index contributed by atoms with van der Waals surface area (Å²) in [5.74, 6) is 1.50. The fourth-order valence-corrected chi connectivity index (χ4v) is 3.19. The fraction of sp³-hybridized carbons (Fsp3) is 0.333. The van der Waals surface area contributed by atoms with Crippen LogP contribution in [0.2, 0.25) is 0 Å². The van der Waals surface area contributed by atoms with E-state index >= 15 is 0 Å². The van der Waals surface area contributed by atoms with E-state index < -0.39 is 0 Å². The third-order valence-corrected chi connectivity index (χ3v) is 5.02. The number of hydrogen-bond donors (Lipinski definition) is 0. The summed E-state index contributed by atoms with van der Waals surface area (Å²) in [6.45, 7) is 2.85. The topological polar surface area (TPSA) is 9.23 Å². The zero-order chi connectivity index (χ0) is 15.1. The maximum Gasteiger partial charge on any atom is 0.119 e. The van der Waals surface area contributed by atoms with Gasteiger partial charge in [-0.05, 0) is 42.7 Å². The van der Waals surface area contributed by atoms with Crippen LogP contribution in [0.5, 0.6) is 5.75 Å². The first-order chi connectivity index (χ1) is 10.2. The summed E-state index contributed by atoms with van der Waals surface area (Å²) in [5, 5.41) is 0. The Bertz CT molecular complexity index is 535. The van der Waals surface area contributed by atoms with Gasteiger partial charge in [-0.15, -0.1) is 11.6 Å². The molecule has 0 aliphatic heterocycles. The highest BCUT2D eigenvalue weighted by Gasteiger charge is 2.29. The molecule has 0 amide bonds. The molecule has 1 unspecified atom stereocenters. The normalized spacial score (nSPS) is 13.7. The Morgan fingerprint density at radius 2 is 1.71 bits per heavy atom. The summed E-state index contributed by atoms with van der Waals surface area (Å²) >= 11 is 9.73. The molecule has 0 bridgehead atoms. The number of halogens is 2. The van der Waals surface area contributed by atoms with Crippen LogP contribution in [0.3, 0.4) is 0 Å². The molecular weight excluding hydrogens is 348 g/mol. The van der Waals surface area contributed by atoms with E-state index in [-0.39, 0.29) is 5.41 Å². The minimum Gasteiger partial charge on any atom is -0.494 e. The second kappa shape index (κ2) is 7.86. The van der Waals surface area contributed by atoms with Crippen molar-refractivity contribution >= 4 is 27.5 Å². The van der Waals surface area contributed by atoms with Gasteiger partial charge in [0.2, 0.25) is 0 Å². The Balaban J connectivity index is 2.02. The van der Waals surface area contributed by atoms with E-state index in [1.165, 1.54) is 5.56 Å². The SMILES string of the molecule is CCC(CCl)(CCOc1ccc(Br)cc1)c1ccccc1. The number of alkyl halides is 1. The van der Waals surface area contributed by atoms with E-state index in [1.54, 1.807) is 0 Å². The first-order valence-corrected chi connectivity index (χ1v) is 8.53. The number of rotatable bonds is 7. The van der Waals surface area contributed by atoms with Gasteiger partial charge in [-0.25, -0.2) is 0 Å². The molecule has 0 saturated carbocycles. The second-order valence-electron chi connectivity index (χ2n) is 5.19. The summed E-state index contributed by atoms with van der Waals surface area (Å²) in [6.07, 6.45) is 1.91. The van der Waals surface area contributed by atoms with E-state index in [0.717, 1.165) is 23.1 Å². The van der Waals surface area contributed by atoms with Crippen molar-refractivity contribution in [3.05, 3.63) is 64.6 Å². The molecule has 0 aliphatic carbocycles. The zero-order valence-corrected chi connectivity index (χ0v) is 14.5. The van der Waals surface area contributed by atoms with E-state index in [4.69, 9.17) is 16.3 Å². The number of ether oxygens (including phenoxy) is 1. The Hall–Kier alpha value is -0.990. The lowest BCUT2D eigenvalue weighted by Crippen LogP contribution is -2.29. The van der Waals surface area contributed by atoms with Gasteiger partial charge in [0.15, 0.2) is 0 Å². The van der Waals surface area contributed by atoms with Crippen molar-refractivity contribution in [3.63, 3.8) is 0 Å². The van der Waals surface area contributed by atoms with E-state index in [9.17, 15) is 0 Å². The summed E-state index contributed by atoms with van der Waals surface area (Å²) < 4.78 is 6.92. The van der Waals surface area contributed by atoms with E-state index in [0.29, 0.717) is 12.5 Å². The van der Waals surface area contributed by atoms with Crippen molar-refractivity contribution in [2.75, 3.05) is 12.5 Å². The average molecular weight is 368 g/mol. The van der Waals surface area contributed by atoms with Crippen molar-refractivity contribution in [3.8, 4) is 5.75 Å². The second-order valence-corrected chi connectivity index (χ2v) is 6.37. The molecule has 0 fully saturated rings. The lowest BCUT2D eigenvalue weighted by atomic mass is 9.77. The molecule has 0 spiro atoms. The monoisotopic (exact) mass is 366 g/mol. The van der Waals surface area contributed by atoms with Crippen LogP contribution in [0.15, 0.2) is 59.1 Å². The van der Waals surface area contributed by atoms with Crippen molar-refractivity contribution in [1.82, 2.24) is 0 Å². The molecular formula is C18H20BrClO. The predicted molar refractivity (Wildman–Crippen MR) is 93.4 cm³/mol. The van der Waals surface area contributed by atoms with Gasteiger partial charge in [-0.3, -0.25) is 0 Å². The van der Waals surface area contributed by atoms with Crippen LogP contribution in [0, 0.1) is 0 Å². The van der Waals surface area contributed by atoms with Gasteiger partial charge < -0.3 is 4.74 Å². The largest absolute Gasteiger partial charge is 0.494 e. The zero-order valence-electron chi connectivity index (χ0n) is 12.2. The van der Waals surface area contributed by atoms with Crippen molar-refractivity contribution in [2.45, 2.75) is 25.2 Å². The fourth-order valence-electron chi connectivity index (χ4n) is 2.45. The molecule has 2 rings (SSSR count). The van der Waals surface area contributed by atoms with Crippen molar-refractivity contribution in [2.24, 2.45) is 0 Å². The minimum absolute atomic E-state index is 0.0157. The van der Waals surface area contributed by atoms with Gasteiger partial charge in [-0.1, -0.05) is 53.2 Å². The van der Waals surface area contributed by atoms with Crippen LogP contribution < -0.4 is 4.74 Å². The summed E-state index contributed by atoms with van der Waals surface area (Å²) in [5.41, 5.74) is 1.28. The first kappa shape index (κ1) is 16.4. The van der Waals surface area contributed by atoms with Crippen molar-refractivity contribution < 1.29 is 4.74 Å². The quantitative estimate of drug-likeness (QED) is 0.561. The predicted octanol–water partition coefficient (Wildman–Crippen LogP) is 5.80. The van der Waals surface area contributed by atoms with Crippen LogP contribution in [0.1, 0.15) is 25.3 Å². The molecule has 0 heterocycles. The van der Waals surface area contributed by atoms with Crippen LogP contribution in [0.25, 0.3) is 0 Å². The number of benzene rings is 2. The first-order valence-electron chi connectivity index (χ1n) is 7.20.